The van der Waals surface area contributed by atoms with Crippen LogP contribution in [0.2, 0.25) is 0 Å². The van der Waals surface area contributed by atoms with E-state index in [0.717, 1.165) is 5.92 Å². The van der Waals surface area contributed by atoms with E-state index in [2.05, 4.69) is 20.2 Å². The normalized spacial score (nSPS) is 37.3. The first-order valence-electron chi connectivity index (χ1n) is 5.93. The second-order valence-corrected chi connectivity index (χ2v) is 5.24. The molecule has 0 heterocycles. The summed E-state index contributed by atoms with van der Waals surface area (Å²) >= 11 is 0. The van der Waals surface area contributed by atoms with Crippen LogP contribution in [0.5, 0.6) is 0 Å². The van der Waals surface area contributed by atoms with Crippen LogP contribution < -0.4 is 0 Å². The SMILES string of the molecule is CC1CC2C3CCC(C3)C2C1.[C-]#[O+].[C-]#[O+].[N-]=O.[W]. The van der Waals surface area contributed by atoms with Crippen LogP contribution in [-0.2, 0) is 30.4 Å². The van der Waals surface area contributed by atoms with Crippen molar-refractivity contribution in [3.8, 4) is 0 Å². The molecule has 0 aromatic carbocycles. The van der Waals surface area contributed by atoms with Gasteiger partial charge in [0.1, 0.15) is 0 Å². The Bertz CT molecular complexity index is 245. The maximum Gasteiger partial charge on any atom is 0 e. The molecule has 4 atom stereocenters. The van der Waals surface area contributed by atoms with Gasteiger partial charge in [-0.3, -0.25) is 0 Å². The minimum Gasteiger partial charge on any atom is -0.577 e. The first kappa shape index (κ1) is 20.1. The van der Waals surface area contributed by atoms with Crippen molar-refractivity contribution in [1.82, 2.24) is 0 Å². The van der Waals surface area contributed by atoms with Crippen LogP contribution in [-0.4, -0.2) is 0 Å². The molecule has 0 amide bonds. The summed E-state index contributed by atoms with van der Waals surface area (Å²) in [5.74, 6) is 5.78. The largest absolute Gasteiger partial charge is 0.577 e. The Balaban J connectivity index is 0. The van der Waals surface area contributed by atoms with Crippen LogP contribution in [0.3, 0.4) is 0 Å². The summed E-state index contributed by atoms with van der Waals surface area (Å²) in [7, 11) is 0. The third kappa shape index (κ3) is 4.16. The van der Waals surface area contributed by atoms with Crippen LogP contribution in [0.25, 0.3) is 5.59 Å². The average Bonchev–Trinajstić information content (AvgIpc) is 3.08. The van der Waals surface area contributed by atoms with E-state index in [1.165, 1.54) is 23.7 Å². The number of nitroso groups, excluding NO2 is 1. The molecular weight excluding hydrogens is 402 g/mol. The molecule has 4 nitrogen and oxygen atoms in total. The third-order valence-electron chi connectivity index (χ3n) is 4.62. The molecule has 3 fully saturated rings. The topological polar surface area (TPSA) is 79.2 Å². The van der Waals surface area contributed by atoms with E-state index in [1.807, 2.05) is 0 Å². The Morgan fingerprint density at radius 2 is 1.22 bits per heavy atom. The zero-order valence-corrected chi connectivity index (χ0v) is 13.4. The molecule has 18 heavy (non-hydrogen) atoms. The van der Waals surface area contributed by atoms with Gasteiger partial charge in [-0.15, -0.1) is 0 Å². The van der Waals surface area contributed by atoms with E-state index in [1.54, 1.807) is 32.1 Å². The van der Waals surface area contributed by atoms with Gasteiger partial charge in [0.15, 0.2) is 0 Å². The quantitative estimate of drug-likeness (QED) is 0.438. The molecule has 0 aliphatic heterocycles. The van der Waals surface area contributed by atoms with E-state index < -0.39 is 0 Å². The fourth-order valence-electron chi connectivity index (χ4n) is 4.29. The predicted molar refractivity (Wildman–Crippen MR) is 60.8 cm³/mol. The van der Waals surface area contributed by atoms with Gasteiger partial charge in [-0.2, -0.15) is 0 Å². The van der Waals surface area contributed by atoms with Crippen LogP contribution in [0.4, 0.5) is 0 Å². The van der Waals surface area contributed by atoms with Crippen molar-refractivity contribution in [2.75, 3.05) is 0 Å². The van der Waals surface area contributed by atoms with E-state index >= 15 is 0 Å². The first-order valence-corrected chi connectivity index (χ1v) is 5.93. The van der Waals surface area contributed by atoms with Gasteiger partial charge in [0.05, 0.1) is 0 Å². The molecule has 0 spiro atoms. The zero-order valence-electron chi connectivity index (χ0n) is 10.5. The summed E-state index contributed by atoms with van der Waals surface area (Å²) in [5.41, 5.74) is 5.75. The molecule has 0 radical (unpaired) electrons. The Hall–Kier alpha value is -0.232. The second kappa shape index (κ2) is 10.7. The van der Waals surface area contributed by atoms with Crippen molar-refractivity contribution in [1.29, 1.82) is 0 Å². The average molecular weight is 420 g/mol. The maximum absolute atomic E-state index is 7.50. The second-order valence-electron chi connectivity index (χ2n) is 5.24. The number of rotatable bonds is 0. The Morgan fingerprint density at radius 3 is 1.56 bits per heavy atom. The van der Waals surface area contributed by atoms with Crippen LogP contribution in [0, 0.1) is 47.8 Å². The summed E-state index contributed by atoms with van der Waals surface area (Å²) in [6.45, 7) is 11.5. The summed E-state index contributed by atoms with van der Waals surface area (Å²) in [4.78, 5) is 7.25. The monoisotopic (exact) mass is 420 g/mol. The number of hydrogen-bond donors (Lipinski definition) is 0. The number of hydrogen-bond acceptors (Lipinski definition) is 1. The minimum absolute atomic E-state index is 0. The molecule has 3 rings (SSSR count). The molecule has 3 aliphatic carbocycles. The van der Waals surface area contributed by atoms with Crippen molar-refractivity contribution < 1.29 is 30.4 Å². The summed E-state index contributed by atoms with van der Waals surface area (Å²) < 4.78 is 15.0. The summed E-state index contributed by atoms with van der Waals surface area (Å²) in [5, 5.41) is 0. The molecule has 5 heteroatoms. The van der Waals surface area contributed by atoms with Crippen molar-refractivity contribution in [3.63, 3.8) is 0 Å². The number of fused-ring (bicyclic) bond motifs is 5. The fraction of sp³-hybridized carbons (Fsp3) is 0.846. The van der Waals surface area contributed by atoms with Crippen LogP contribution in [0.15, 0.2) is 0 Å². The zero-order chi connectivity index (χ0) is 13.4. The standard InChI is InChI=1S/C11H18.2CO.NO.W/c1-7-4-10-8-2-3-9(6-8)11(10)5-7;3*1-2;/h7-11H,2-6H2,1H3;;;;/q;;;-1;. The van der Waals surface area contributed by atoms with E-state index in [0.29, 0.717) is 0 Å². The van der Waals surface area contributed by atoms with Gasteiger partial charge in [0.2, 0.25) is 0 Å². The molecule has 2 bridgehead atoms. The summed E-state index contributed by atoms with van der Waals surface area (Å²) in [6.07, 6.45) is 7.93. The fourth-order valence-corrected chi connectivity index (χ4v) is 4.29. The van der Waals surface area contributed by atoms with Gasteiger partial charge in [-0.1, -0.05) is 6.92 Å². The van der Waals surface area contributed by atoms with Gasteiger partial charge in [-0.25, -0.2) is 0 Å². The molecule has 0 N–H and O–H groups in total. The Morgan fingerprint density at radius 1 is 0.889 bits per heavy atom. The minimum atomic E-state index is 0. The Labute approximate surface area is 123 Å². The van der Waals surface area contributed by atoms with E-state index in [-0.39, 0.29) is 21.1 Å². The van der Waals surface area contributed by atoms with Gasteiger partial charge < -0.3 is 10.5 Å². The van der Waals surface area contributed by atoms with Gasteiger partial charge >= 0.3 is 22.6 Å². The van der Waals surface area contributed by atoms with Crippen LogP contribution in [0.1, 0.15) is 39.0 Å². The smallest absolute Gasteiger partial charge is 0 e. The molecule has 3 saturated carbocycles. The molecule has 4 unspecified atom stereocenters. The van der Waals surface area contributed by atoms with Gasteiger partial charge in [0, 0.05) is 21.1 Å². The molecule has 100 valence electrons. The Kier molecular flexibility index (Phi) is 11.9. The molecule has 0 aromatic heterocycles. The number of nitrogens with zero attached hydrogens (tertiary/aromatic N) is 1. The molecule has 3 aliphatic rings. The van der Waals surface area contributed by atoms with Crippen molar-refractivity contribution in [3.05, 3.63) is 23.8 Å². The third-order valence-corrected chi connectivity index (χ3v) is 4.62. The predicted octanol–water partition coefficient (Wildman–Crippen LogP) is 3.32. The van der Waals surface area contributed by atoms with E-state index in [4.69, 9.17) is 19.8 Å². The van der Waals surface area contributed by atoms with E-state index in [9.17, 15) is 0 Å². The first-order chi connectivity index (χ1) is 8.34. The molecular formula is C13H18NO3W-. The molecule has 0 aromatic rings. The van der Waals surface area contributed by atoms with Gasteiger partial charge in [-0.05, 0) is 61.7 Å². The molecule has 0 saturated heterocycles. The van der Waals surface area contributed by atoms with Crippen molar-refractivity contribution >= 4 is 0 Å². The van der Waals surface area contributed by atoms with Gasteiger partial charge in [0.25, 0.3) is 0 Å². The van der Waals surface area contributed by atoms with Crippen molar-refractivity contribution in [2.45, 2.75) is 39.0 Å². The van der Waals surface area contributed by atoms with Crippen LogP contribution >= 0.6 is 0 Å². The summed E-state index contributed by atoms with van der Waals surface area (Å²) in [6, 6.07) is 0. The maximum atomic E-state index is 7.50. The van der Waals surface area contributed by atoms with Crippen molar-refractivity contribution in [2.24, 2.45) is 29.6 Å².